The highest BCUT2D eigenvalue weighted by atomic mass is 14.7. The summed E-state index contributed by atoms with van der Waals surface area (Å²) in [5, 5.41) is 1.26. The minimum absolute atomic E-state index is 1.11. The number of pyridine rings is 1. The van der Waals surface area contributed by atoms with Crippen LogP contribution in [-0.2, 0) is 0 Å². The van der Waals surface area contributed by atoms with E-state index in [0.717, 1.165) is 5.52 Å². The molecule has 0 radical (unpaired) electrons. The van der Waals surface area contributed by atoms with Crippen molar-refractivity contribution in [2.24, 2.45) is 0 Å². The van der Waals surface area contributed by atoms with Crippen LogP contribution in [0.1, 0.15) is 5.56 Å². The maximum Gasteiger partial charge on any atom is 0.0643 e. The smallest absolute Gasteiger partial charge is 0.0643 e. The van der Waals surface area contributed by atoms with Crippen LogP contribution < -0.4 is 0 Å². The Kier molecular flexibility index (Phi) is 1.01. The fourth-order valence-electron chi connectivity index (χ4n) is 1.13. The second kappa shape index (κ2) is 1.84. The molecule has 0 unspecified atom stereocenters. The van der Waals surface area contributed by atoms with Gasteiger partial charge in [0.2, 0.25) is 0 Å². The standard InChI is InChI=1S/C8H8N2/c1-6-4-9-5-8-7(6)2-3-10-8/h2-5,10H,1H3. The third kappa shape index (κ3) is 0.620. The molecule has 2 heteroatoms. The zero-order chi connectivity index (χ0) is 6.97. The van der Waals surface area contributed by atoms with Crippen molar-refractivity contribution in [2.75, 3.05) is 0 Å². The van der Waals surface area contributed by atoms with Gasteiger partial charge in [-0.3, -0.25) is 4.98 Å². The van der Waals surface area contributed by atoms with Crippen LogP contribution in [-0.4, -0.2) is 9.97 Å². The average Bonchev–Trinajstić information content (AvgIpc) is 2.36. The SMILES string of the molecule is Cc1cncc2[nH]ccc12. The third-order valence-electron chi connectivity index (χ3n) is 1.68. The molecule has 0 amide bonds. The molecular weight excluding hydrogens is 124 g/mol. The van der Waals surface area contributed by atoms with Gasteiger partial charge in [0.25, 0.3) is 0 Å². The first-order chi connectivity index (χ1) is 4.88. The van der Waals surface area contributed by atoms with Crippen molar-refractivity contribution in [3.05, 3.63) is 30.2 Å². The summed E-state index contributed by atoms with van der Waals surface area (Å²) < 4.78 is 0. The van der Waals surface area contributed by atoms with E-state index in [1.165, 1.54) is 10.9 Å². The highest BCUT2D eigenvalue weighted by molar-refractivity contribution is 5.81. The number of rotatable bonds is 0. The number of aryl methyl sites for hydroxylation is 1. The van der Waals surface area contributed by atoms with E-state index in [4.69, 9.17) is 0 Å². The van der Waals surface area contributed by atoms with E-state index < -0.39 is 0 Å². The molecule has 0 aliphatic heterocycles. The summed E-state index contributed by atoms with van der Waals surface area (Å²) >= 11 is 0. The first-order valence-electron chi connectivity index (χ1n) is 3.25. The van der Waals surface area contributed by atoms with Crippen LogP contribution >= 0.6 is 0 Å². The van der Waals surface area contributed by atoms with Gasteiger partial charge in [-0.1, -0.05) is 0 Å². The maximum atomic E-state index is 4.05. The Morgan fingerprint density at radius 1 is 1.40 bits per heavy atom. The molecule has 0 bridgehead atoms. The molecule has 2 rings (SSSR count). The average molecular weight is 132 g/mol. The van der Waals surface area contributed by atoms with Gasteiger partial charge in [-0.15, -0.1) is 0 Å². The van der Waals surface area contributed by atoms with Crippen molar-refractivity contribution >= 4 is 10.9 Å². The highest BCUT2D eigenvalue weighted by Gasteiger charge is 1.94. The van der Waals surface area contributed by atoms with Crippen LogP contribution in [0.2, 0.25) is 0 Å². The summed E-state index contributed by atoms with van der Waals surface area (Å²) in [5.41, 5.74) is 2.33. The van der Waals surface area contributed by atoms with Crippen LogP contribution in [0.5, 0.6) is 0 Å². The van der Waals surface area contributed by atoms with Gasteiger partial charge in [0.05, 0.1) is 11.7 Å². The number of nitrogens with one attached hydrogen (secondary N) is 1. The van der Waals surface area contributed by atoms with Gasteiger partial charge < -0.3 is 4.98 Å². The van der Waals surface area contributed by atoms with Crippen molar-refractivity contribution in [1.29, 1.82) is 0 Å². The van der Waals surface area contributed by atoms with Gasteiger partial charge in [0.15, 0.2) is 0 Å². The second-order valence-electron chi connectivity index (χ2n) is 2.40. The van der Waals surface area contributed by atoms with Crippen LogP contribution in [0, 0.1) is 6.92 Å². The molecule has 0 aromatic carbocycles. The molecule has 0 saturated carbocycles. The minimum Gasteiger partial charge on any atom is -0.360 e. The Morgan fingerprint density at radius 3 is 3.10 bits per heavy atom. The summed E-state index contributed by atoms with van der Waals surface area (Å²) in [7, 11) is 0. The number of aromatic amines is 1. The van der Waals surface area contributed by atoms with Gasteiger partial charge >= 0.3 is 0 Å². The number of aromatic nitrogens is 2. The lowest BCUT2D eigenvalue weighted by Crippen LogP contribution is -1.76. The lowest BCUT2D eigenvalue weighted by Gasteiger charge is -1.91. The monoisotopic (exact) mass is 132 g/mol. The van der Waals surface area contributed by atoms with E-state index in [2.05, 4.69) is 23.0 Å². The number of fused-ring (bicyclic) bond motifs is 1. The zero-order valence-electron chi connectivity index (χ0n) is 5.76. The zero-order valence-corrected chi connectivity index (χ0v) is 5.76. The van der Waals surface area contributed by atoms with Crippen LogP contribution in [0.25, 0.3) is 10.9 Å². The normalized spacial score (nSPS) is 10.5. The molecule has 2 aromatic heterocycles. The Labute approximate surface area is 58.9 Å². The van der Waals surface area contributed by atoms with Crippen LogP contribution in [0.4, 0.5) is 0 Å². The molecular formula is C8H8N2. The van der Waals surface area contributed by atoms with Gasteiger partial charge in [-0.25, -0.2) is 0 Å². The number of hydrogen-bond donors (Lipinski definition) is 1. The molecule has 1 N–H and O–H groups in total. The van der Waals surface area contributed by atoms with Crippen molar-refractivity contribution in [3.63, 3.8) is 0 Å². The van der Waals surface area contributed by atoms with Gasteiger partial charge in [0.1, 0.15) is 0 Å². The first-order valence-corrected chi connectivity index (χ1v) is 3.25. The predicted molar refractivity (Wildman–Crippen MR) is 40.8 cm³/mol. The molecule has 0 spiro atoms. The molecule has 0 saturated heterocycles. The molecule has 0 atom stereocenters. The molecule has 10 heavy (non-hydrogen) atoms. The molecule has 0 aliphatic carbocycles. The Balaban J connectivity index is 2.95. The largest absolute Gasteiger partial charge is 0.360 e. The van der Waals surface area contributed by atoms with E-state index in [1.54, 1.807) is 0 Å². The van der Waals surface area contributed by atoms with Crippen molar-refractivity contribution in [3.8, 4) is 0 Å². The summed E-state index contributed by atoms with van der Waals surface area (Å²) in [6.45, 7) is 2.06. The van der Waals surface area contributed by atoms with E-state index in [9.17, 15) is 0 Å². The Morgan fingerprint density at radius 2 is 2.30 bits per heavy atom. The van der Waals surface area contributed by atoms with Crippen molar-refractivity contribution in [1.82, 2.24) is 9.97 Å². The Hall–Kier alpha value is -1.31. The topological polar surface area (TPSA) is 28.7 Å². The van der Waals surface area contributed by atoms with Crippen LogP contribution in [0.15, 0.2) is 24.7 Å². The molecule has 2 nitrogen and oxygen atoms in total. The van der Waals surface area contributed by atoms with E-state index in [1.807, 2.05) is 18.6 Å². The third-order valence-corrected chi connectivity index (χ3v) is 1.68. The molecule has 2 aromatic rings. The second-order valence-corrected chi connectivity index (χ2v) is 2.40. The first kappa shape index (κ1) is 5.47. The molecule has 0 fully saturated rings. The van der Waals surface area contributed by atoms with E-state index in [0.29, 0.717) is 0 Å². The fraction of sp³-hybridized carbons (Fsp3) is 0.125. The minimum atomic E-state index is 1.11. The maximum absolute atomic E-state index is 4.05. The summed E-state index contributed by atoms with van der Waals surface area (Å²) in [5.74, 6) is 0. The van der Waals surface area contributed by atoms with E-state index >= 15 is 0 Å². The summed E-state index contributed by atoms with van der Waals surface area (Å²) in [4.78, 5) is 7.15. The highest BCUT2D eigenvalue weighted by Crippen LogP contribution is 2.13. The fourth-order valence-corrected chi connectivity index (χ4v) is 1.13. The van der Waals surface area contributed by atoms with E-state index in [-0.39, 0.29) is 0 Å². The van der Waals surface area contributed by atoms with Gasteiger partial charge in [-0.2, -0.15) is 0 Å². The van der Waals surface area contributed by atoms with Gasteiger partial charge in [-0.05, 0) is 18.6 Å². The summed E-state index contributed by atoms with van der Waals surface area (Å²) in [6, 6.07) is 2.06. The molecule has 50 valence electrons. The summed E-state index contributed by atoms with van der Waals surface area (Å²) in [6.07, 6.45) is 5.64. The Bertz CT molecular complexity index is 349. The molecule has 2 heterocycles. The predicted octanol–water partition coefficient (Wildman–Crippen LogP) is 1.87. The van der Waals surface area contributed by atoms with Crippen molar-refractivity contribution < 1.29 is 0 Å². The van der Waals surface area contributed by atoms with Crippen molar-refractivity contribution in [2.45, 2.75) is 6.92 Å². The quantitative estimate of drug-likeness (QED) is 0.582. The lowest BCUT2D eigenvalue weighted by molar-refractivity contribution is 1.30. The number of hydrogen-bond acceptors (Lipinski definition) is 1. The van der Waals surface area contributed by atoms with Gasteiger partial charge in [0, 0.05) is 17.8 Å². The molecule has 0 aliphatic rings. The number of nitrogens with zero attached hydrogens (tertiary/aromatic N) is 1. The lowest BCUT2D eigenvalue weighted by atomic mass is 10.2. The van der Waals surface area contributed by atoms with Crippen LogP contribution in [0.3, 0.4) is 0 Å². The number of H-pyrrole nitrogens is 1.